The fourth-order valence-electron chi connectivity index (χ4n) is 4.52. The molecule has 0 N–H and O–H groups in total. The molecule has 0 nitrogen and oxygen atoms in total. The number of rotatable bonds is 5. The maximum atomic E-state index is 4.17. The molecule has 1 saturated carbocycles. The zero-order valence-electron chi connectivity index (χ0n) is 12.8. The summed E-state index contributed by atoms with van der Waals surface area (Å²) in [6.07, 6.45) is 6.26. The minimum Gasteiger partial charge on any atom is -0.103 e. The van der Waals surface area contributed by atoms with Gasteiger partial charge in [0.2, 0.25) is 0 Å². The first-order valence-electron chi connectivity index (χ1n) is 7.55. The summed E-state index contributed by atoms with van der Waals surface area (Å²) < 4.78 is 0. The van der Waals surface area contributed by atoms with Crippen LogP contribution in [0.15, 0.2) is 12.7 Å². The van der Waals surface area contributed by atoms with Crippen molar-refractivity contribution in [2.45, 2.75) is 60.8 Å². The number of hydrogen-bond donors (Lipinski definition) is 0. The van der Waals surface area contributed by atoms with Gasteiger partial charge in [-0.25, -0.2) is 0 Å². The maximum Gasteiger partial charge on any atom is -0.00902 e. The van der Waals surface area contributed by atoms with Crippen LogP contribution in [0.2, 0.25) is 0 Å². The highest BCUT2D eigenvalue weighted by Crippen LogP contribution is 2.55. The van der Waals surface area contributed by atoms with Gasteiger partial charge in [-0.15, -0.1) is 6.58 Å². The van der Waals surface area contributed by atoms with Crippen molar-refractivity contribution in [2.24, 2.45) is 35.0 Å². The first kappa shape index (κ1) is 14.8. The monoisotopic (exact) mass is 236 g/mol. The van der Waals surface area contributed by atoms with Gasteiger partial charge >= 0.3 is 0 Å². The fourth-order valence-corrected chi connectivity index (χ4v) is 4.52. The third kappa shape index (κ3) is 2.46. The topological polar surface area (TPSA) is 0 Å². The molecule has 0 bridgehead atoms. The average molecular weight is 236 g/mol. The molecule has 0 amide bonds. The van der Waals surface area contributed by atoms with Crippen molar-refractivity contribution in [3.05, 3.63) is 12.7 Å². The average Bonchev–Trinajstić information content (AvgIpc) is 2.61. The predicted octanol–water partition coefficient (Wildman–Crippen LogP) is 5.54. The molecule has 0 aromatic rings. The summed E-state index contributed by atoms with van der Waals surface area (Å²) in [4.78, 5) is 0. The molecule has 1 rings (SSSR count). The molecule has 0 aromatic carbocycles. The van der Waals surface area contributed by atoms with Crippen molar-refractivity contribution in [3.8, 4) is 0 Å². The lowest BCUT2D eigenvalue weighted by Gasteiger charge is -2.43. The van der Waals surface area contributed by atoms with E-state index in [4.69, 9.17) is 0 Å². The normalized spacial score (nSPS) is 38.7. The lowest BCUT2D eigenvalue weighted by atomic mass is 9.61. The highest BCUT2D eigenvalue weighted by Gasteiger charge is 2.48. The van der Waals surface area contributed by atoms with Crippen molar-refractivity contribution in [1.82, 2.24) is 0 Å². The molecular formula is C17H32. The van der Waals surface area contributed by atoms with E-state index in [1.807, 2.05) is 0 Å². The van der Waals surface area contributed by atoms with Gasteiger partial charge in [-0.1, -0.05) is 60.5 Å². The van der Waals surface area contributed by atoms with E-state index in [1.165, 1.54) is 19.3 Å². The Balaban J connectivity index is 3.05. The quantitative estimate of drug-likeness (QED) is 0.549. The standard InChI is InChI=1S/C17H32/c1-8-14(6)17(7,10-3)16-13(5)11-12(4)15(16)9-2/h10,12-16H,3,8-9,11H2,1-2,4-7H3. The Hall–Kier alpha value is -0.260. The second kappa shape index (κ2) is 5.59. The highest BCUT2D eigenvalue weighted by molar-refractivity contribution is 5.05. The van der Waals surface area contributed by atoms with Crippen LogP contribution in [0.3, 0.4) is 0 Å². The van der Waals surface area contributed by atoms with Crippen molar-refractivity contribution in [3.63, 3.8) is 0 Å². The Morgan fingerprint density at radius 3 is 2.29 bits per heavy atom. The number of hydrogen-bond acceptors (Lipinski definition) is 0. The molecule has 0 aromatic heterocycles. The molecular weight excluding hydrogens is 204 g/mol. The van der Waals surface area contributed by atoms with Crippen LogP contribution in [0.25, 0.3) is 0 Å². The molecule has 100 valence electrons. The van der Waals surface area contributed by atoms with Crippen LogP contribution in [0.5, 0.6) is 0 Å². The maximum absolute atomic E-state index is 4.17. The Morgan fingerprint density at radius 1 is 1.29 bits per heavy atom. The van der Waals surface area contributed by atoms with Gasteiger partial charge in [0.25, 0.3) is 0 Å². The van der Waals surface area contributed by atoms with Crippen molar-refractivity contribution < 1.29 is 0 Å². The molecule has 0 heterocycles. The zero-order chi connectivity index (χ0) is 13.2. The highest BCUT2D eigenvalue weighted by atomic mass is 14.5. The molecule has 1 aliphatic carbocycles. The van der Waals surface area contributed by atoms with Crippen LogP contribution in [-0.2, 0) is 0 Å². The van der Waals surface area contributed by atoms with Crippen LogP contribution in [0.4, 0.5) is 0 Å². The second-order valence-electron chi connectivity index (χ2n) is 6.67. The van der Waals surface area contributed by atoms with Gasteiger partial charge in [0.05, 0.1) is 0 Å². The van der Waals surface area contributed by atoms with Gasteiger partial charge in [0.1, 0.15) is 0 Å². The van der Waals surface area contributed by atoms with Crippen LogP contribution in [-0.4, -0.2) is 0 Å². The van der Waals surface area contributed by atoms with Gasteiger partial charge in [-0.3, -0.25) is 0 Å². The first-order chi connectivity index (χ1) is 7.92. The lowest BCUT2D eigenvalue weighted by Crippen LogP contribution is -2.37. The van der Waals surface area contributed by atoms with Crippen LogP contribution < -0.4 is 0 Å². The Kier molecular flexibility index (Phi) is 4.86. The SMILES string of the molecule is C=CC(C)(C(C)CC)C1C(C)CC(C)C1CC. The zero-order valence-corrected chi connectivity index (χ0v) is 12.8. The van der Waals surface area contributed by atoms with E-state index >= 15 is 0 Å². The van der Waals surface area contributed by atoms with Crippen LogP contribution in [0, 0.1) is 35.0 Å². The summed E-state index contributed by atoms with van der Waals surface area (Å²) in [5.74, 6) is 4.21. The van der Waals surface area contributed by atoms with Gasteiger partial charge < -0.3 is 0 Å². The lowest BCUT2D eigenvalue weighted by molar-refractivity contribution is 0.0852. The summed E-state index contributed by atoms with van der Waals surface area (Å²) in [6.45, 7) is 18.6. The van der Waals surface area contributed by atoms with E-state index in [0.29, 0.717) is 5.41 Å². The molecule has 0 aliphatic heterocycles. The largest absolute Gasteiger partial charge is 0.103 e. The van der Waals surface area contributed by atoms with Crippen molar-refractivity contribution in [1.29, 1.82) is 0 Å². The summed E-state index contributed by atoms with van der Waals surface area (Å²) >= 11 is 0. The number of allylic oxidation sites excluding steroid dienone is 1. The van der Waals surface area contributed by atoms with E-state index < -0.39 is 0 Å². The molecule has 1 fully saturated rings. The van der Waals surface area contributed by atoms with Crippen molar-refractivity contribution >= 4 is 0 Å². The van der Waals surface area contributed by atoms with Gasteiger partial charge in [-0.2, -0.15) is 0 Å². The molecule has 0 spiro atoms. The molecule has 0 radical (unpaired) electrons. The Bertz CT molecular complexity index is 255. The first-order valence-corrected chi connectivity index (χ1v) is 7.55. The van der Waals surface area contributed by atoms with Crippen LogP contribution in [0.1, 0.15) is 60.8 Å². The predicted molar refractivity (Wildman–Crippen MR) is 78.0 cm³/mol. The molecule has 6 atom stereocenters. The van der Waals surface area contributed by atoms with Crippen LogP contribution >= 0.6 is 0 Å². The Morgan fingerprint density at radius 2 is 1.88 bits per heavy atom. The van der Waals surface area contributed by atoms with Gasteiger partial charge in [-0.05, 0) is 41.4 Å². The van der Waals surface area contributed by atoms with Crippen molar-refractivity contribution in [2.75, 3.05) is 0 Å². The summed E-state index contributed by atoms with van der Waals surface area (Å²) in [6, 6.07) is 0. The van der Waals surface area contributed by atoms with E-state index in [-0.39, 0.29) is 0 Å². The molecule has 0 heteroatoms. The second-order valence-corrected chi connectivity index (χ2v) is 6.67. The third-order valence-electron chi connectivity index (χ3n) is 5.85. The van der Waals surface area contributed by atoms with E-state index in [9.17, 15) is 0 Å². The third-order valence-corrected chi connectivity index (χ3v) is 5.85. The summed E-state index contributed by atoms with van der Waals surface area (Å²) in [7, 11) is 0. The van der Waals surface area contributed by atoms with Gasteiger partial charge in [0.15, 0.2) is 0 Å². The Labute approximate surface area is 109 Å². The van der Waals surface area contributed by atoms with E-state index in [0.717, 1.165) is 29.6 Å². The fraction of sp³-hybridized carbons (Fsp3) is 0.882. The minimum absolute atomic E-state index is 0.319. The summed E-state index contributed by atoms with van der Waals surface area (Å²) in [5.41, 5.74) is 0.319. The molecule has 17 heavy (non-hydrogen) atoms. The van der Waals surface area contributed by atoms with Gasteiger partial charge in [0, 0.05) is 0 Å². The smallest absolute Gasteiger partial charge is 0.00902 e. The van der Waals surface area contributed by atoms with E-state index in [2.05, 4.69) is 54.2 Å². The minimum atomic E-state index is 0.319. The summed E-state index contributed by atoms with van der Waals surface area (Å²) in [5, 5.41) is 0. The molecule has 1 aliphatic rings. The molecule has 6 unspecified atom stereocenters. The molecule has 0 saturated heterocycles. The van der Waals surface area contributed by atoms with E-state index in [1.54, 1.807) is 0 Å².